The Morgan fingerprint density at radius 3 is 2.26 bits per heavy atom. The molecule has 0 fully saturated rings. The van der Waals surface area contributed by atoms with Crippen LogP contribution in [-0.2, 0) is 22.6 Å². The zero-order chi connectivity index (χ0) is 19.8. The van der Waals surface area contributed by atoms with E-state index in [0.29, 0.717) is 18.0 Å². The van der Waals surface area contributed by atoms with Crippen molar-refractivity contribution in [2.45, 2.75) is 52.2 Å². The Bertz CT molecular complexity index is 762. The summed E-state index contributed by atoms with van der Waals surface area (Å²) in [5.74, 6) is -0.229. The van der Waals surface area contributed by atoms with Gasteiger partial charge in [-0.15, -0.1) is 0 Å². The van der Waals surface area contributed by atoms with Gasteiger partial charge in [-0.3, -0.25) is 9.59 Å². The number of benzene rings is 2. The topological polar surface area (TPSA) is 49.4 Å². The van der Waals surface area contributed by atoms with Crippen molar-refractivity contribution < 1.29 is 9.59 Å². The van der Waals surface area contributed by atoms with Crippen LogP contribution in [0.1, 0.15) is 38.3 Å². The van der Waals surface area contributed by atoms with E-state index in [1.807, 2.05) is 69.3 Å². The molecule has 27 heavy (non-hydrogen) atoms. The summed E-state index contributed by atoms with van der Waals surface area (Å²) in [6.45, 7) is 6.04. The third kappa shape index (κ3) is 6.10. The number of halogens is 1. The number of amides is 2. The van der Waals surface area contributed by atoms with Crippen LogP contribution in [0.15, 0.2) is 54.6 Å². The molecule has 0 aliphatic rings. The van der Waals surface area contributed by atoms with Crippen molar-refractivity contribution in [2.75, 3.05) is 0 Å². The van der Waals surface area contributed by atoms with Gasteiger partial charge in [0.1, 0.15) is 6.04 Å². The Morgan fingerprint density at radius 2 is 1.67 bits per heavy atom. The first kappa shape index (κ1) is 21.0. The van der Waals surface area contributed by atoms with Crippen molar-refractivity contribution >= 4 is 23.4 Å². The molecule has 0 aromatic heterocycles. The van der Waals surface area contributed by atoms with Crippen molar-refractivity contribution in [3.63, 3.8) is 0 Å². The molecular weight excluding hydrogens is 360 g/mol. The molecule has 0 radical (unpaired) electrons. The van der Waals surface area contributed by atoms with Crippen LogP contribution in [0.5, 0.6) is 0 Å². The van der Waals surface area contributed by atoms with E-state index < -0.39 is 6.04 Å². The van der Waals surface area contributed by atoms with Gasteiger partial charge in [0.05, 0.1) is 6.42 Å². The minimum atomic E-state index is -0.542. The highest BCUT2D eigenvalue weighted by atomic mass is 35.5. The average molecular weight is 387 g/mol. The van der Waals surface area contributed by atoms with Gasteiger partial charge in [0.15, 0.2) is 0 Å². The van der Waals surface area contributed by atoms with E-state index in [0.717, 1.165) is 11.1 Å². The highest BCUT2D eigenvalue weighted by Gasteiger charge is 2.29. The first-order chi connectivity index (χ1) is 12.9. The molecule has 5 heteroatoms. The molecule has 2 aromatic carbocycles. The Morgan fingerprint density at radius 1 is 1.04 bits per heavy atom. The minimum absolute atomic E-state index is 0.0120. The number of carbonyl (C=O) groups is 2. The van der Waals surface area contributed by atoms with E-state index >= 15 is 0 Å². The summed E-state index contributed by atoms with van der Waals surface area (Å²) in [4.78, 5) is 27.5. The molecule has 4 nitrogen and oxygen atoms in total. The Kier molecular flexibility index (Phi) is 7.86. The van der Waals surface area contributed by atoms with E-state index in [9.17, 15) is 9.59 Å². The molecule has 0 spiro atoms. The summed E-state index contributed by atoms with van der Waals surface area (Å²) in [5.41, 5.74) is 1.75. The Balaban J connectivity index is 2.30. The zero-order valence-electron chi connectivity index (χ0n) is 16.1. The number of hydrogen-bond acceptors (Lipinski definition) is 2. The maximum absolute atomic E-state index is 13.1. The summed E-state index contributed by atoms with van der Waals surface area (Å²) in [7, 11) is 0. The van der Waals surface area contributed by atoms with E-state index in [4.69, 9.17) is 11.6 Å². The normalized spacial score (nSPS) is 11.9. The van der Waals surface area contributed by atoms with Crippen LogP contribution in [0, 0.1) is 0 Å². The predicted molar refractivity (Wildman–Crippen MR) is 110 cm³/mol. The molecule has 1 atom stereocenters. The molecule has 0 aliphatic carbocycles. The van der Waals surface area contributed by atoms with Crippen molar-refractivity contribution in [1.82, 2.24) is 10.2 Å². The molecule has 2 aromatic rings. The van der Waals surface area contributed by atoms with E-state index in [-0.39, 0.29) is 24.3 Å². The SMILES string of the molecule is CC[C@@H](C(=O)NC(C)C)N(Cc1ccccc1Cl)C(=O)Cc1ccccc1. The first-order valence-corrected chi connectivity index (χ1v) is 9.67. The lowest BCUT2D eigenvalue weighted by atomic mass is 10.1. The van der Waals surface area contributed by atoms with Crippen LogP contribution >= 0.6 is 11.6 Å². The lowest BCUT2D eigenvalue weighted by molar-refractivity contribution is -0.141. The van der Waals surface area contributed by atoms with Gasteiger partial charge >= 0.3 is 0 Å². The maximum atomic E-state index is 13.1. The number of carbonyl (C=O) groups excluding carboxylic acids is 2. The highest BCUT2D eigenvalue weighted by Crippen LogP contribution is 2.20. The lowest BCUT2D eigenvalue weighted by Crippen LogP contribution is -2.50. The summed E-state index contributed by atoms with van der Waals surface area (Å²) in [5, 5.41) is 3.52. The quantitative estimate of drug-likeness (QED) is 0.738. The fraction of sp³-hybridized carbons (Fsp3) is 0.364. The van der Waals surface area contributed by atoms with Gasteiger partial charge in [0, 0.05) is 17.6 Å². The van der Waals surface area contributed by atoms with Crippen molar-refractivity contribution in [3.05, 3.63) is 70.7 Å². The standard InChI is InChI=1S/C22H27ClN2O2/c1-4-20(22(27)24-16(2)3)25(15-18-12-8-9-13-19(18)23)21(26)14-17-10-6-5-7-11-17/h5-13,16,20H,4,14-15H2,1-3H3,(H,24,27)/t20-/m0/s1. The lowest BCUT2D eigenvalue weighted by Gasteiger charge is -2.31. The van der Waals surface area contributed by atoms with Crippen LogP contribution < -0.4 is 5.32 Å². The molecular formula is C22H27ClN2O2. The third-order valence-electron chi connectivity index (χ3n) is 4.31. The molecule has 0 aliphatic heterocycles. The number of nitrogens with zero attached hydrogens (tertiary/aromatic N) is 1. The molecule has 0 unspecified atom stereocenters. The second-order valence-corrected chi connectivity index (χ2v) is 7.27. The second-order valence-electron chi connectivity index (χ2n) is 6.86. The number of nitrogens with one attached hydrogen (secondary N) is 1. The number of hydrogen-bond donors (Lipinski definition) is 1. The first-order valence-electron chi connectivity index (χ1n) is 9.29. The van der Waals surface area contributed by atoms with Crippen molar-refractivity contribution in [1.29, 1.82) is 0 Å². The van der Waals surface area contributed by atoms with E-state index in [2.05, 4.69) is 5.32 Å². The van der Waals surface area contributed by atoms with Gasteiger partial charge < -0.3 is 10.2 Å². The predicted octanol–water partition coefficient (Wildman–Crippen LogP) is 4.21. The average Bonchev–Trinajstić information content (AvgIpc) is 2.63. The van der Waals surface area contributed by atoms with Crippen LogP contribution in [0.25, 0.3) is 0 Å². The third-order valence-corrected chi connectivity index (χ3v) is 4.68. The van der Waals surface area contributed by atoms with Gasteiger partial charge in [0.25, 0.3) is 0 Å². The van der Waals surface area contributed by atoms with Crippen LogP contribution in [-0.4, -0.2) is 28.8 Å². The smallest absolute Gasteiger partial charge is 0.243 e. The summed E-state index contributed by atoms with van der Waals surface area (Å²) in [6.07, 6.45) is 0.778. The molecule has 0 bridgehead atoms. The molecule has 0 saturated heterocycles. The van der Waals surface area contributed by atoms with Gasteiger partial charge in [-0.05, 0) is 37.5 Å². The molecule has 144 valence electrons. The van der Waals surface area contributed by atoms with Crippen molar-refractivity contribution in [3.8, 4) is 0 Å². The summed E-state index contributed by atoms with van der Waals surface area (Å²) in [6, 6.07) is 16.5. The van der Waals surface area contributed by atoms with Crippen LogP contribution in [0.3, 0.4) is 0 Å². The summed E-state index contributed by atoms with van der Waals surface area (Å²) < 4.78 is 0. The highest BCUT2D eigenvalue weighted by molar-refractivity contribution is 6.31. The molecule has 2 rings (SSSR count). The van der Waals surface area contributed by atoms with Gasteiger partial charge in [-0.2, -0.15) is 0 Å². The second kappa shape index (κ2) is 10.1. The minimum Gasteiger partial charge on any atom is -0.352 e. The van der Waals surface area contributed by atoms with Crippen LogP contribution in [0.4, 0.5) is 0 Å². The van der Waals surface area contributed by atoms with Gasteiger partial charge in [-0.25, -0.2) is 0 Å². The molecule has 0 saturated carbocycles. The largest absolute Gasteiger partial charge is 0.352 e. The maximum Gasteiger partial charge on any atom is 0.243 e. The molecule has 2 amide bonds. The molecule has 0 heterocycles. The van der Waals surface area contributed by atoms with E-state index in [1.165, 1.54) is 0 Å². The van der Waals surface area contributed by atoms with Crippen LogP contribution in [0.2, 0.25) is 5.02 Å². The Labute approximate surface area is 166 Å². The van der Waals surface area contributed by atoms with Gasteiger partial charge in [-0.1, -0.05) is 67.1 Å². The molecule has 1 N–H and O–H groups in total. The Hall–Kier alpha value is -2.33. The van der Waals surface area contributed by atoms with Crippen molar-refractivity contribution in [2.24, 2.45) is 0 Å². The van der Waals surface area contributed by atoms with E-state index in [1.54, 1.807) is 11.0 Å². The number of rotatable bonds is 8. The summed E-state index contributed by atoms with van der Waals surface area (Å²) >= 11 is 6.31. The fourth-order valence-electron chi connectivity index (χ4n) is 2.98. The zero-order valence-corrected chi connectivity index (χ0v) is 16.9. The monoisotopic (exact) mass is 386 g/mol. The fourth-order valence-corrected chi connectivity index (χ4v) is 3.18. The van der Waals surface area contributed by atoms with Gasteiger partial charge in [0.2, 0.25) is 11.8 Å².